The van der Waals surface area contributed by atoms with Gasteiger partial charge in [-0.1, -0.05) is 0 Å². The Bertz CT molecular complexity index is 567. The molecule has 1 N–H and O–H groups in total. The molecule has 0 amide bonds. The third-order valence-corrected chi connectivity index (χ3v) is 4.94. The van der Waals surface area contributed by atoms with Crippen LogP contribution < -0.4 is 14.2 Å². The van der Waals surface area contributed by atoms with Crippen molar-refractivity contribution in [2.75, 3.05) is 27.4 Å². The fourth-order valence-electron chi connectivity index (χ4n) is 2.30. The van der Waals surface area contributed by atoms with E-state index in [2.05, 4.69) is 4.72 Å². The molecule has 1 aliphatic rings. The van der Waals surface area contributed by atoms with E-state index in [0.29, 0.717) is 18.7 Å². The molecule has 0 radical (unpaired) electrons. The van der Waals surface area contributed by atoms with Gasteiger partial charge < -0.3 is 14.2 Å². The summed E-state index contributed by atoms with van der Waals surface area (Å²) in [6.07, 6.45) is 2.88. The number of benzene rings is 1. The van der Waals surface area contributed by atoms with Gasteiger partial charge in [-0.05, 0) is 31.4 Å². The van der Waals surface area contributed by atoms with E-state index in [-0.39, 0.29) is 16.7 Å². The number of methoxy groups -OCH3 is 2. The lowest BCUT2D eigenvalue weighted by Gasteiger charge is -2.13. The molecule has 0 bridgehead atoms. The molecule has 2 rings (SSSR count). The Morgan fingerprint density at radius 3 is 2.76 bits per heavy atom. The summed E-state index contributed by atoms with van der Waals surface area (Å²) in [6.45, 7) is 1.12. The Hall–Kier alpha value is -1.31. The van der Waals surface area contributed by atoms with Crippen LogP contribution >= 0.6 is 0 Å². The maximum atomic E-state index is 12.3. The summed E-state index contributed by atoms with van der Waals surface area (Å²) in [5, 5.41) is 0. The number of hydrogen-bond donors (Lipinski definition) is 1. The number of nitrogens with one attached hydrogen (secondary N) is 1. The summed E-state index contributed by atoms with van der Waals surface area (Å²) in [5.74, 6) is 0.809. The van der Waals surface area contributed by atoms with E-state index in [4.69, 9.17) is 14.2 Å². The van der Waals surface area contributed by atoms with Crippen molar-refractivity contribution >= 4 is 10.0 Å². The Morgan fingerprint density at radius 2 is 2.14 bits per heavy atom. The Balaban J connectivity index is 2.04. The maximum absolute atomic E-state index is 12.3. The molecule has 1 fully saturated rings. The molecule has 1 atom stereocenters. The van der Waals surface area contributed by atoms with Gasteiger partial charge in [0.25, 0.3) is 0 Å². The molecule has 0 aromatic heterocycles. The topological polar surface area (TPSA) is 73.9 Å². The smallest absolute Gasteiger partial charge is 0.244 e. The molecule has 0 spiro atoms. The molecule has 7 heteroatoms. The van der Waals surface area contributed by atoms with E-state index in [1.807, 2.05) is 0 Å². The molecule has 1 aromatic carbocycles. The maximum Gasteiger partial charge on any atom is 0.244 e. The predicted molar refractivity (Wildman–Crippen MR) is 78.3 cm³/mol. The first-order valence-electron chi connectivity index (χ1n) is 6.90. The van der Waals surface area contributed by atoms with Gasteiger partial charge in [-0.2, -0.15) is 0 Å². The molecule has 1 aromatic rings. The van der Waals surface area contributed by atoms with Gasteiger partial charge in [0.15, 0.2) is 0 Å². The zero-order valence-corrected chi connectivity index (χ0v) is 13.1. The molecule has 118 valence electrons. The van der Waals surface area contributed by atoms with Gasteiger partial charge in [-0.25, -0.2) is 13.1 Å². The largest absolute Gasteiger partial charge is 0.497 e. The number of rotatable bonds is 7. The van der Waals surface area contributed by atoms with Crippen molar-refractivity contribution in [3.8, 4) is 11.5 Å². The second kappa shape index (κ2) is 7.11. The van der Waals surface area contributed by atoms with Crippen molar-refractivity contribution in [3.63, 3.8) is 0 Å². The highest BCUT2D eigenvalue weighted by atomic mass is 32.2. The van der Waals surface area contributed by atoms with E-state index < -0.39 is 10.0 Å². The van der Waals surface area contributed by atoms with Crippen molar-refractivity contribution in [2.24, 2.45) is 0 Å². The molecular formula is C14H21NO5S. The first-order chi connectivity index (χ1) is 10.1. The van der Waals surface area contributed by atoms with Crippen LogP contribution in [0.4, 0.5) is 0 Å². The van der Waals surface area contributed by atoms with Gasteiger partial charge in [0.2, 0.25) is 10.0 Å². The fourth-order valence-corrected chi connectivity index (χ4v) is 3.50. The van der Waals surface area contributed by atoms with E-state index in [0.717, 1.165) is 19.4 Å². The molecule has 1 saturated heterocycles. The van der Waals surface area contributed by atoms with Crippen molar-refractivity contribution < 1.29 is 22.6 Å². The Kier molecular flexibility index (Phi) is 5.44. The third kappa shape index (κ3) is 4.09. The molecule has 1 aliphatic heterocycles. The monoisotopic (exact) mass is 315 g/mol. The van der Waals surface area contributed by atoms with E-state index in [9.17, 15) is 8.42 Å². The van der Waals surface area contributed by atoms with E-state index in [1.165, 1.54) is 20.3 Å². The van der Waals surface area contributed by atoms with Gasteiger partial charge in [-0.15, -0.1) is 0 Å². The van der Waals surface area contributed by atoms with Crippen molar-refractivity contribution in [1.82, 2.24) is 4.72 Å². The predicted octanol–water partition coefficient (Wildman–Crippen LogP) is 1.55. The lowest BCUT2D eigenvalue weighted by atomic mass is 10.2. The molecule has 21 heavy (non-hydrogen) atoms. The molecular weight excluding hydrogens is 294 g/mol. The first-order valence-corrected chi connectivity index (χ1v) is 8.38. The standard InChI is InChI=1S/C14H21NO5S/c1-18-12-5-6-14(13(10-12)19-2)21(16,17)15-8-7-11-4-3-9-20-11/h5-6,10-11,15H,3-4,7-9H2,1-2H3. The summed E-state index contributed by atoms with van der Waals surface area (Å²) in [5.41, 5.74) is 0. The quantitative estimate of drug-likeness (QED) is 0.826. The zero-order valence-electron chi connectivity index (χ0n) is 12.3. The van der Waals surface area contributed by atoms with Crippen molar-refractivity contribution in [1.29, 1.82) is 0 Å². The van der Waals surface area contributed by atoms with Crippen LogP contribution in [0.1, 0.15) is 19.3 Å². The summed E-state index contributed by atoms with van der Waals surface area (Å²) in [6, 6.07) is 4.62. The average Bonchev–Trinajstić information content (AvgIpc) is 2.99. The minimum absolute atomic E-state index is 0.109. The van der Waals surface area contributed by atoms with Crippen LogP contribution in [0.25, 0.3) is 0 Å². The summed E-state index contributed by atoms with van der Waals surface area (Å²) >= 11 is 0. The van der Waals surface area contributed by atoms with Crippen LogP contribution in [-0.2, 0) is 14.8 Å². The molecule has 1 heterocycles. The SMILES string of the molecule is COc1ccc(S(=O)(=O)NCCC2CCCO2)c(OC)c1. The number of hydrogen-bond acceptors (Lipinski definition) is 5. The highest BCUT2D eigenvalue weighted by Crippen LogP contribution is 2.28. The van der Waals surface area contributed by atoms with Crippen molar-refractivity contribution in [3.05, 3.63) is 18.2 Å². The Morgan fingerprint density at radius 1 is 1.33 bits per heavy atom. The fraction of sp³-hybridized carbons (Fsp3) is 0.571. The van der Waals surface area contributed by atoms with Gasteiger partial charge in [0.05, 0.1) is 20.3 Å². The summed E-state index contributed by atoms with van der Waals surface area (Å²) < 4.78 is 42.9. The van der Waals surface area contributed by atoms with Gasteiger partial charge in [-0.3, -0.25) is 0 Å². The van der Waals surface area contributed by atoms with Gasteiger partial charge in [0, 0.05) is 19.2 Å². The number of sulfonamides is 1. The number of ether oxygens (including phenoxy) is 3. The Labute approximate surface area is 125 Å². The minimum atomic E-state index is -3.61. The van der Waals surface area contributed by atoms with Crippen LogP contribution in [0.5, 0.6) is 11.5 Å². The third-order valence-electron chi connectivity index (χ3n) is 3.44. The molecule has 6 nitrogen and oxygen atoms in total. The molecule has 0 aliphatic carbocycles. The average molecular weight is 315 g/mol. The minimum Gasteiger partial charge on any atom is -0.497 e. The summed E-state index contributed by atoms with van der Waals surface area (Å²) in [7, 11) is -0.658. The van der Waals surface area contributed by atoms with Crippen LogP contribution in [-0.4, -0.2) is 41.9 Å². The van der Waals surface area contributed by atoms with Crippen LogP contribution in [0.15, 0.2) is 23.1 Å². The highest BCUT2D eigenvalue weighted by molar-refractivity contribution is 7.89. The highest BCUT2D eigenvalue weighted by Gasteiger charge is 2.21. The van der Waals surface area contributed by atoms with Gasteiger partial charge in [0.1, 0.15) is 16.4 Å². The first kappa shape index (κ1) is 16.1. The molecule has 1 unspecified atom stereocenters. The van der Waals surface area contributed by atoms with E-state index in [1.54, 1.807) is 12.1 Å². The van der Waals surface area contributed by atoms with Crippen molar-refractivity contribution in [2.45, 2.75) is 30.3 Å². The second-order valence-corrected chi connectivity index (χ2v) is 6.57. The normalized spacial score (nSPS) is 18.7. The lowest BCUT2D eigenvalue weighted by Crippen LogP contribution is -2.27. The lowest BCUT2D eigenvalue weighted by molar-refractivity contribution is 0.105. The van der Waals surface area contributed by atoms with Gasteiger partial charge >= 0.3 is 0 Å². The van der Waals surface area contributed by atoms with Crippen LogP contribution in [0, 0.1) is 0 Å². The van der Waals surface area contributed by atoms with Crippen LogP contribution in [0.3, 0.4) is 0 Å². The van der Waals surface area contributed by atoms with E-state index >= 15 is 0 Å². The molecule has 0 saturated carbocycles. The van der Waals surface area contributed by atoms with Crippen LogP contribution in [0.2, 0.25) is 0 Å². The second-order valence-electron chi connectivity index (χ2n) is 4.84. The summed E-state index contributed by atoms with van der Waals surface area (Å²) in [4.78, 5) is 0.109. The zero-order chi connectivity index (χ0) is 15.3.